The van der Waals surface area contributed by atoms with Crippen LogP contribution in [0.4, 0.5) is 0 Å². The quantitative estimate of drug-likeness (QED) is 0.830. The maximum atomic E-state index is 12.7. The van der Waals surface area contributed by atoms with Crippen LogP contribution in [0.2, 0.25) is 5.02 Å². The molecule has 8 heteroatoms. The highest BCUT2D eigenvalue weighted by Crippen LogP contribution is 2.30. The number of methoxy groups -OCH3 is 1. The Morgan fingerprint density at radius 1 is 1.27 bits per heavy atom. The lowest BCUT2D eigenvalue weighted by Gasteiger charge is -2.34. The molecule has 0 unspecified atom stereocenters. The zero-order valence-corrected chi connectivity index (χ0v) is 14.2. The summed E-state index contributed by atoms with van der Waals surface area (Å²) in [5, 5.41) is 0.333. The highest BCUT2D eigenvalue weighted by Gasteiger charge is 2.31. The van der Waals surface area contributed by atoms with Crippen LogP contribution in [0, 0.1) is 0 Å². The van der Waals surface area contributed by atoms with E-state index in [1.165, 1.54) is 23.5 Å². The Morgan fingerprint density at radius 2 is 1.91 bits per heavy atom. The van der Waals surface area contributed by atoms with Crippen LogP contribution in [0.15, 0.2) is 23.1 Å². The molecule has 2 rings (SSSR count). The minimum absolute atomic E-state index is 0.0392. The fraction of sp³-hybridized carbons (Fsp3) is 0.500. The van der Waals surface area contributed by atoms with Gasteiger partial charge in [0, 0.05) is 37.6 Å². The second kappa shape index (κ2) is 6.85. The van der Waals surface area contributed by atoms with E-state index in [2.05, 4.69) is 0 Å². The van der Waals surface area contributed by atoms with Crippen LogP contribution in [0.5, 0.6) is 5.75 Å². The number of sulfonamides is 1. The molecular weight excluding hydrogens is 328 g/mol. The molecule has 0 saturated carbocycles. The largest absolute Gasteiger partial charge is 0.495 e. The normalized spacial score (nSPS) is 16.6. The van der Waals surface area contributed by atoms with Crippen molar-refractivity contribution in [2.75, 3.05) is 33.3 Å². The van der Waals surface area contributed by atoms with E-state index in [4.69, 9.17) is 16.3 Å². The molecule has 0 spiro atoms. The molecule has 0 atom stereocenters. The first kappa shape index (κ1) is 17.1. The summed E-state index contributed by atoms with van der Waals surface area (Å²) in [5.41, 5.74) is 0. The number of ether oxygens (including phenoxy) is 1. The van der Waals surface area contributed by atoms with Crippen LogP contribution in [0.1, 0.15) is 13.3 Å². The van der Waals surface area contributed by atoms with E-state index in [-0.39, 0.29) is 29.6 Å². The van der Waals surface area contributed by atoms with Crippen molar-refractivity contribution in [1.29, 1.82) is 0 Å². The maximum Gasteiger partial charge on any atom is 0.246 e. The van der Waals surface area contributed by atoms with Crippen LogP contribution in [0.3, 0.4) is 0 Å². The molecule has 1 fully saturated rings. The number of carbonyl (C=O) groups is 1. The number of rotatable bonds is 4. The van der Waals surface area contributed by atoms with E-state index in [9.17, 15) is 13.2 Å². The Balaban J connectivity index is 2.22. The second-order valence-electron chi connectivity index (χ2n) is 4.93. The molecule has 1 aromatic rings. The number of benzene rings is 1. The average Bonchev–Trinajstić information content (AvgIpc) is 2.54. The van der Waals surface area contributed by atoms with E-state index in [0.717, 1.165) is 0 Å². The number of piperazine rings is 1. The zero-order chi connectivity index (χ0) is 16.3. The number of carbonyl (C=O) groups excluding carboxylic acids is 1. The number of amides is 1. The SMILES string of the molecule is CCC(=O)N1CCN(S(=O)(=O)c2cc(Cl)ccc2OC)CC1. The molecular formula is C14H19ClN2O4S. The van der Waals surface area contributed by atoms with Crippen molar-refractivity contribution in [2.45, 2.75) is 18.2 Å². The van der Waals surface area contributed by atoms with Gasteiger partial charge in [0.25, 0.3) is 0 Å². The Hall–Kier alpha value is -1.31. The van der Waals surface area contributed by atoms with Gasteiger partial charge >= 0.3 is 0 Å². The minimum Gasteiger partial charge on any atom is -0.495 e. The van der Waals surface area contributed by atoms with Crippen LogP contribution >= 0.6 is 11.6 Å². The summed E-state index contributed by atoms with van der Waals surface area (Å²) in [6.07, 6.45) is 0.425. The molecule has 0 aliphatic carbocycles. The zero-order valence-electron chi connectivity index (χ0n) is 12.6. The summed E-state index contributed by atoms with van der Waals surface area (Å²) in [5.74, 6) is 0.300. The van der Waals surface area contributed by atoms with Gasteiger partial charge < -0.3 is 9.64 Å². The fourth-order valence-electron chi connectivity index (χ4n) is 2.39. The van der Waals surface area contributed by atoms with Gasteiger partial charge in [0.1, 0.15) is 10.6 Å². The number of hydrogen-bond acceptors (Lipinski definition) is 4. The molecule has 0 bridgehead atoms. The Labute approximate surface area is 135 Å². The lowest BCUT2D eigenvalue weighted by molar-refractivity contribution is -0.132. The molecule has 0 N–H and O–H groups in total. The second-order valence-corrected chi connectivity index (χ2v) is 7.28. The third kappa shape index (κ3) is 3.37. The summed E-state index contributed by atoms with van der Waals surface area (Å²) in [6, 6.07) is 4.50. The Bertz CT molecular complexity index is 655. The first-order valence-electron chi connectivity index (χ1n) is 7.01. The van der Waals surface area contributed by atoms with Crippen LogP contribution in [-0.2, 0) is 14.8 Å². The number of halogens is 1. The highest BCUT2D eigenvalue weighted by molar-refractivity contribution is 7.89. The number of hydrogen-bond donors (Lipinski definition) is 0. The van der Waals surface area contributed by atoms with Crippen molar-refractivity contribution in [3.63, 3.8) is 0 Å². The smallest absolute Gasteiger partial charge is 0.246 e. The van der Waals surface area contributed by atoms with Crippen molar-refractivity contribution in [1.82, 2.24) is 9.21 Å². The van der Waals surface area contributed by atoms with Crippen molar-refractivity contribution < 1.29 is 17.9 Å². The summed E-state index contributed by atoms with van der Waals surface area (Å²) >= 11 is 5.91. The first-order chi connectivity index (χ1) is 10.4. The fourth-order valence-corrected chi connectivity index (χ4v) is 4.23. The van der Waals surface area contributed by atoms with Gasteiger partial charge in [0.2, 0.25) is 15.9 Å². The summed E-state index contributed by atoms with van der Waals surface area (Å²) in [4.78, 5) is 13.4. The molecule has 1 aliphatic heterocycles. The maximum absolute atomic E-state index is 12.7. The van der Waals surface area contributed by atoms with E-state index in [1.54, 1.807) is 17.9 Å². The molecule has 1 aliphatic rings. The van der Waals surface area contributed by atoms with Gasteiger partial charge in [0.15, 0.2) is 0 Å². The van der Waals surface area contributed by atoms with E-state index < -0.39 is 10.0 Å². The summed E-state index contributed by atoms with van der Waals surface area (Å²) < 4.78 is 32.0. The van der Waals surface area contributed by atoms with Crippen LogP contribution < -0.4 is 4.74 Å². The molecule has 6 nitrogen and oxygen atoms in total. The van der Waals surface area contributed by atoms with Gasteiger partial charge in [-0.05, 0) is 18.2 Å². The topological polar surface area (TPSA) is 66.9 Å². The third-order valence-corrected chi connectivity index (χ3v) is 5.79. The molecule has 1 heterocycles. The standard InChI is InChI=1S/C14H19ClN2O4S/c1-3-14(18)16-6-8-17(9-7-16)22(19,20)13-10-11(15)4-5-12(13)21-2/h4-5,10H,3,6-9H2,1-2H3. The van der Waals surface area contributed by atoms with E-state index in [0.29, 0.717) is 24.5 Å². The van der Waals surface area contributed by atoms with Crippen LogP contribution in [-0.4, -0.2) is 56.8 Å². The van der Waals surface area contributed by atoms with E-state index >= 15 is 0 Å². The Morgan fingerprint density at radius 3 is 2.45 bits per heavy atom. The van der Waals surface area contributed by atoms with Gasteiger partial charge in [-0.1, -0.05) is 18.5 Å². The van der Waals surface area contributed by atoms with Gasteiger partial charge in [-0.2, -0.15) is 4.31 Å². The third-order valence-electron chi connectivity index (χ3n) is 3.64. The van der Waals surface area contributed by atoms with Crippen molar-refractivity contribution >= 4 is 27.5 Å². The average molecular weight is 347 g/mol. The molecule has 122 valence electrons. The van der Waals surface area contributed by atoms with Gasteiger partial charge in [0.05, 0.1) is 7.11 Å². The minimum atomic E-state index is -3.70. The summed E-state index contributed by atoms with van der Waals surface area (Å²) in [6.45, 7) is 3.12. The molecule has 0 radical (unpaired) electrons. The predicted molar refractivity (Wildman–Crippen MR) is 83.6 cm³/mol. The van der Waals surface area contributed by atoms with Crippen molar-refractivity contribution in [2.24, 2.45) is 0 Å². The lowest BCUT2D eigenvalue weighted by atomic mass is 10.3. The first-order valence-corrected chi connectivity index (χ1v) is 8.83. The molecule has 1 amide bonds. The highest BCUT2D eigenvalue weighted by atomic mass is 35.5. The van der Waals surface area contributed by atoms with Crippen molar-refractivity contribution in [3.05, 3.63) is 23.2 Å². The van der Waals surface area contributed by atoms with Gasteiger partial charge in [-0.25, -0.2) is 8.42 Å². The molecule has 1 saturated heterocycles. The Kier molecular flexibility index (Phi) is 5.31. The molecule has 0 aromatic heterocycles. The van der Waals surface area contributed by atoms with Gasteiger partial charge in [-0.15, -0.1) is 0 Å². The number of nitrogens with zero attached hydrogens (tertiary/aromatic N) is 2. The molecule has 22 heavy (non-hydrogen) atoms. The van der Waals surface area contributed by atoms with Crippen molar-refractivity contribution in [3.8, 4) is 5.75 Å². The van der Waals surface area contributed by atoms with Crippen LogP contribution in [0.25, 0.3) is 0 Å². The van der Waals surface area contributed by atoms with E-state index in [1.807, 2.05) is 0 Å². The lowest BCUT2D eigenvalue weighted by Crippen LogP contribution is -2.50. The molecule has 1 aromatic carbocycles. The van der Waals surface area contributed by atoms with Gasteiger partial charge in [-0.3, -0.25) is 4.79 Å². The predicted octanol–water partition coefficient (Wildman–Crippen LogP) is 1.59. The monoisotopic (exact) mass is 346 g/mol. The summed E-state index contributed by atoms with van der Waals surface area (Å²) in [7, 11) is -2.28.